The second kappa shape index (κ2) is 7.50. The van der Waals surface area contributed by atoms with Crippen molar-refractivity contribution in [3.63, 3.8) is 0 Å². The zero-order valence-electron chi connectivity index (χ0n) is 14.3. The number of amides is 2. The van der Waals surface area contributed by atoms with Gasteiger partial charge in [0.05, 0.1) is 6.54 Å². The summed E-state index contributed by atoms with van der Waals surface area (Å²) in [4.78, 5) is 48.4. The molecule has 1 unspecified atom stereocenters. The molecule has 136 valence electrons. The predicted octanol–water partition coefficient (Wildman–Crippen LogP) is 0.772. The second-order valence-corrected chi connectivity index (χ2v) is 6.69. The molecule has 0 spiro atoms. The predicted molar refractivity (Wildman–Crippen MR) is 82.4 cm³/mol. The summed E-state index contributed by atoms with van der Waals surface area (Å²) in [6.07, 6.45) is -1.05. The van der Waals surface area contributed by atoms with E-state index < -0.39 is 41.6 Å². The Morgan fingerprint density at radius 3 is 2.29 bits per heavy atom. The summed E-state index contributed by atoms with van der Waals surface area (Å²) in [7, 11) is 0. The maximum atomic E-state index is 12.3. The first kappa shape index (κ1) is 19.7. The Morgan fingerprint density at radius 1 is 1.25 bits per heavy atom. The van der Waals surface area contributed by atoms with Gasteiger partial charge in [-0.25, -0.2) is 9.59 Å². The average molecular weight is 344 g/mol. The van der Waals surface area contributed by atoms with Crippen molar-refractivity contribution >= 4 is 23.9 Å². The van der Waals surface area contributed by atoms with Crippen LogP contribution < -0.4 is 0 Å². The fourth-order valence-electron chi connectivity index (χ4n) is 2.48. The molecule has 0 aromatic rings. The fourth-order valence-corrected chi connectivity index (χ4v) is 2.48. The number of nitrogens with zero attached hydrogens (tertiary/aromatic N) is 2. The zero-order valence-corrected chi connectivity index (χ0v) is 14.3. The summed E-state index contributed by atoms with van der Waals surface area (Å²) >= 11 is 0. The molecule has 0 bridgehead atoms. The molecule has 0 aromatic heterocycles. The van der Waals surface area contributed by atoms with Crippen LogP contribution in [0.1, 0.15) is 40.5 Å². The van der Waals surface area contributed by atoms with E-state index in [2.05, 4.69) is 0 Å². The smallest absolute Gasteiger partial charge is 0.408 e. The highest BCUT2D eigenvalue weighted by atomic mass is 16.6. The van der Waals surface area contributed by atoms with Crippen molar-refractivity contribution in [2.24, 2.45) is 0 Å². The van der Waals surface area contributed by atoms with Crippen molar-refractivity contribution in [2.45, 2.75) is 58.2 Å². The molecule has 24 heavy (non-hydrogen) atoms. The molecular weight excluding hydrogens is 320 g/mol. The van der Waals surface area contributed by atoms with E-state index in [0.717, 1.165) is 9.80 Å². The van der Waals surface area contributed by atoms with Crippen LogP contribution in [0.5, 0.6) is 0 Å². The minimum absolute atomic E-state index is 0.0460. The third-order valence-corrected chi connectivity index (χ3v) is 3.58. The van der Waals surface area contributed by atoms with Crippen LogP contribution >= 0.6 is 0 Å². The number of hydrogen-bond acceptors (Lipinski definition) is 5. The summed E-state index contributed by atoms with van der Waals surface area (Å²) in [6.45, 7) is 6.37. The topological polar surface area (TPSA) is 124 Å². The first-order chi connectivity index (χ1) is 10.9. The fraction of sp³-hybridized carbons (Fsp3) is 0.733. The Bertz CT molecular complexity index is 526. The van der Waals surface area contributed by atoms with E-state index in [1.54, 1.807) is 20.8 Å². The van der Waals surface area contributed by atoms with Gasteiger partial charge in [0.15, 0.2) is 0 Å². The van der Waals surface area contributed by atoms with Crippen LogP contribution in [0, 0.1) is 0 Å². The maximum absolute atomic E-state index is 12.3. The first-order valence-corrected chi connectivity index (χ1v) is 7.68. The minimum Gasteiger partial charge on any atom is -0.480 e. The van der Waals surface area contributed by atoms with Crippen LogP contribution in [-0.2, 0) is 19.1 Å². The summed E-state index contributed by atoms with van der Waals surface area (Å²) in [5, 5.41) is 18.3. The highest BCUT2D eigenvalue weighted by Crippen LogP contribution is 2.18. The Morgan fingerprint density at radius 2 is 1.83 bits per heavy atom. The molecule has 1 fully saturated rings. The van der Waals surface area contributed by atoms with E-state index in [4.69, 9.17) is 9.84 Å². The molecule has 2 amide bonds. The van der Waals surface area contributed by atoms with Crippen LogP contribution in [0.4, 0.5) is 4.79 Å². The SMILES string of the molecule is CC1C(=O)N(CCCC(=O)OC(C)(C)C)[C@H](C(=O)O)CN1C(=O)O. The van der Waals surface area contributed by atoms with Crippen LogP contribution in [0.3, 0.4) is 0 Å². The Hall–Kier alpha value is -2.32. The highest BCUT2D eigenvalue weighted by Gasteiger charge is 2.43. The Labute approximate surface area is 140 Å². The van der Waals surface area contributed by atoms with E-state index in [1.807, 2.05) is 0 Å². The van der Waals surface area contributed by atoms with Crippen molar-refractivity contribution in [3.05, 3.63) is 0 Å². The van der Waals surface area contributed by atoms with Crippen LogP contribution in [0.25, 0.3) is 0 Å². The largest absolute Gasteiger partial charge is 0.480 e. The number of carbonyl (C=O) groups excluding carboxylic acids is 2. The summed E-state index contributed by atoms with van der Waals surface area (Å²) in [5.41, 5.74) is -0.613. The number of hydrogen-bond donors (Lipinski definition) is 2. The molecule has 0 aliphatic carbocycles. The molecule has 0 saturated carbocycles. The van der Waals surface area contributed by atoms with E-state index in [9.17, 15) is 24.3 Å². The van der Waals surface area contributed by atoms with Crippen LogP contribution in [-0.4, -0.2) is 74.7 Å². The average Bonchev–Trinajstić information content (AvgIpc) is 2.40. The van der Waals surface area contributed by atoms with Gasteiger partial charge < -0.3 is 19.8 Å². The third kappa shape index (κ3) is 5.10. The van der Waals surface area contributed by atoms with Gasteiger partial charge in [0, 0.05) is 13.0 Å². The molecule has 1 rings (SSSR count). The van der Waals surface area contributed by atoms with E-state index in [-0.39, 0.29) is 25.9 Å². The van der Waals surface area contributed by atoms with E-state index in [1.165, 1.54) is 6.92 Å². The Balaban J connectivity index is 2.71. The summed E-state index contributed by atoms with van der Waals surface area (Å²) in [6, 6.07) is -2.22. The van der Waals surface area contributed by atoms with Crippen molar-refractivity contribution in [3.8, 4) is 0 Å². The highest BCUT2D eigenvalue weighted by molar-refractivity contribution is 5.91. The number of esters is 1. The van der Waals surface area contributed by atoms with Gasteiger partial charge >= 0.3 is 18.0 Å². The number of carboxylic acids is 1. The molecule has 1 saturated heterocycles. The van der Waals surface area contributed by atoms with Crippen molar-refractivity contribution < 1.29 is 34.1 Å². The molecule has 1 aliphatic heterocycles. The maximum Gasteiger partial charge on any atom is 0.408 e. The molecule has 0 radical (unpaired) electrons. The summed E-state index contributed by atoms with van der Waals surface area (Å²) < 4.78 is 5.15. The number of carboxylic acid groups (broad SMARTS) is 2. The lowest BCUT2D eigenvalue weighted by Gasteiger charge is -2.41. The van der Waals surface area contributed by atoms with Gasteiger partial charge in [0.1, 0.15) is 17.7 Å². The molecular formula is C15H24N2O7. The molecule has 2 N–H and O–H groups in total. The zero-order chi connectivity index (χ0) is 18.7. The lowest BCUT2D eigenvalue weighted by molar-refractivity contribution is -0.159. The van der Waals surface area contributed by atoms with Gasteiger partial charge in [-0.2, -0.15) is 0 Å². The van der Waals surface area contributed by atoms with Gasteiger partial charge in [-0.1, -0.05) is 0 Å². The van der Waals surface area contributed by atoms with Crippen molar-refractivity contribution in [1.29, 1.82) is 0 Å². The monoisotopic (exact) mass is 344 g/mol. The quantitative estimate of drug-likeness (QED) is 0.706. The van der Waals surface area contributed by atoms with E-state index in [0.29, 0.717) is 0 Å². The number of rotatable bonds is 5. The van der Waals surface area contributed by atoms with E-state index >= 15 is 0 Å². The van der Waals surface area contributed by atoms with Crippen molar-refractivity contribution in [2.75, 3.05) is 13.1 Å². The molecule has 9 heteroatoms. The number of aliphatic carboxylic acids is 1. The number of ether oxygens (including phenoxy) is 1. The van der Waals surface area contributed by atoms with Crippen LogP contribution in [0.15, 0.2) is 0 Å². The molecule has 2 atom stereocenters. The normalized spacial score (nSPS) is 21.6. The standard InChI is InChI=1S/C15H24N2O7/c1-9-12(19)16(7-5-6-11(18)24-15(2,3)4)10(13(20)21)8-17(9)14(22)23/h9-10H,5-8H2,1-4H3,(H,20,21)(H,22,23)/t9?,10-/m0/s1. The second-order valence-electron chi connectivity index (χ2n) is 6.69. The van der Waals surface area contributed by atoms with Crippen LogP contribution in [0.2, 0.25) is 0 Å². The van der Waals surface area contributed by atoms with Gasteiger partial charge in [0.25, 0.3) is 0 Å². The molecule has 0 aromatic carbocycles. The number of carbonyl (C=O) groups is 4. The molecule has 1 aliphatic rings. The molecule has 9 nitrogen and oxygen atoms in total. The number of piperazine rings is 1. The lowest BCUT2D eigenvalue weighted by Crippen LogP contribution is -2.64. The molecule has 1 heterocycles. The van der Waals surface area contributed by atoms with Crippen molar-refractivity contribution in [1.82, 2.24) is 9.80 Å². The lowest BCUT2D eigenvalue weighted by atomic mass is 10.1. The third-order valence-electron chi connectivity index (χ3n) is 3.58. The van der Waals surface area contributed by atoms with Gasteiger partial charge in [-0.05, 0) is 34.1 Å². The summed E-state index contributed by atoms with van der Waals surface area (Å²) in [5.74, 6) is -2.29. The van der Waals surface area contributed by atoms with Gasteiger partial charge in [0.2, 0.25) is 5.91 Å². The van der Waals surface area contributed by atoms with Gasteiger partial charge in [-0.3, -0.25) is 14.5 Å². The van der Waals surface area contributed by atoms with Gasteiger partial charge in [-0.15, -0.1) is 0 Å². The Kier molecular flexibility index (Phi) is 6.16. The first-order valence-electron chi connectivity index (χ1n) is 7.68. The minimum atomic E-state index is -1.34.